The van der Waals surface area contributed by atoms with Crippen LogP contribution in [0.5, 0.6) is 0 Å². The van der Waals surface area contributed by atoms with Crippen molar-refractivity contribution in [3.63, 3.8) is 0 Å². The van der Waals surface area contributed by atoms with E-state index in [9.17, 15) is 0 Å². The van der Waals surface area contributed by atoms with Gasteiger partial charge in [0.15, 0.2) is 17.5 Å². The molecule has 9 aromatic carbocycles. The van der Waals surface area contributed by atoms with Gasteiger partial charge in [-0.05, 0) is 76.1 Å². The lowest BCUT2D eigenvalue weighted by Gasteiger charge is -2.13. The van der Waals surface area contributed by atoms with Crippen LogP contribution in [-0.2, 0) is 0 Å². The van der Waals surface area contributed by atoms with Gasteiger partial charge in [-0.3, -0.25) is 0 Å². The highest BCUT2D eigenvalue weighted by Crippen LogP contribution is 2.40. The molecular weight excluding hydrogens is 707 g/mol. The molecule has 0 aliphatic rings. The summed E-state index contributed by atoms with van der Waals surface area (Å²) in [6, 6.07) is 71.0. The summed E-state index contributed by atoms with van der Waals surface area (Å²) in [7, 11) is 0. The third kappa shape index (κ3) is 5.07. The van der Waals surface area contributed by atoms with Gasteiger partial charge >= 0.3 is 0 Å². The molecule has 5 nitrogen and oxygen atoms in total. The molecule has 0 aliphatic carbocycles. The van der Waals surface area contributed by atoms with Gasteiger partial charge in [0, 0.05) is 49.6 Å². The monoisotopic (exact) mass is 739 g/mol. The maximum absolute atomic E-state index is 5.16. The quantitative estimate of drug-likeness (QED) is 0.177. The first-order valence-corrected chi connectivity index (χ1v) is 19.6. The maximum atomic E-state index is 5.16. The Hall–Kier alpha value is -7.89. The second kappa shape index (κ2) is 12.8. The Morgan fingerprint density at radius 1 is 0.276 bits per heavy atom. The molecule has 0 aliphatic heterocycles. The number of nitrogens with zero attached hydrogens (tertiary/aromatic N) is 5. The van der Waals surface area contributed by atoms with E-state index in [0.29, 0.717) is 17.5 Å². The average Bonchev–Trinajstić information content (AvgIpc) is 3.80. The van der Waals surface area contributed by atoms with Crippen molar-refractivity contribution < 1.29 is 0 Å². The molecule has 5 heteroatoms. The smallest absolute Gasteiger partial charge is 0.164 e. The molecule has 3 heterocycles. The molecule has 12 rings (SSSR count). The molecule has 0 N–H and O–H groups in total. The summed E-state index contributed by atoms with van der Waals surface area (Å²) in [6.07, 6.45) is 0. The van der Waals surface area contributed by atoms with Crippen molar-refractivity contribution in [3.05, 3.63) is 200 Å². The van der Waals surface area contributed by atoms with Gasteiger partial charge in [-0.1, -0.05) is 146 Å². The predicted molar refractivity (Wildman–Crippen MR) is 240 cm³/mol. The Bertz CT molecular complexity index is 3560. The van der Waals surface area contributed by atoms with E-state index in [0.717, 1.165) is 49.7 Å². The van der Waals surface area contributed by atoms with E-state index in [-0.39, 0.29) is 0 Å². The molecule has 0 saturated heterocycles. The summed E-state index contributed by atoms with van der Waals surface area (Å²) in [5.41, 5.74) is 9.80. The van der Waals surface area contributed by atoms with Crippen molar-refractivity contribution in [2.75, 3.05) is 0 Å². The first-order chi connectivity index (χ1) is 28.7. The number of hydrogen-bond donors (Lipinski definition) is 0. The van der Waals surface area contributed by atoms with Crippen LogP contribution in [0.3, 0.4) is 0 Å². The molecule has 0 spiro atoms. The summed E-state index contributed by atoms with van der Waals surface area (Å²) < 4.78 is 4.81. The first kappa shape index (κ1) is 32.4. The molecule has 0 radical (unpaired) electrons. The maximum Gasteiger partial charge on any atom is 0.164 e. The van der Waals surface area contributed by atoms with Gasteiger partial charge in [0.2, 0.25) is 0 Å². The Kier molecular flexibility index (Phi) is 7.16. The van der Waals surface area contributed by atoms with Crippen LogP contribution in [0.1, 0.15) is 0 Å². The van der Waals surface area contributed by atoms with Crippen LogP contribution in [-0.4, -0.2) is 24.1 Å². The summed E-state index contributed by atoms with van der Waals surface area (Å²) in [5, 5.41) is 9.46. The highest BCUT2D eigenvalue weighted by Gasteiger charge is 2.20. The molecule has 12 aromatic rings. The molecule has 0 fully saturated rings. The Morgan fingerprint density at radius 2 is 0.862 bits per heavy atom. The zero-order valence-electron chi connectivity index (χ0n) is 31.3. The lowest BCUT2D eigenvalue weighted by atomic mass is 10.0. The molecular formula is C53H33N5. The number of fused-ring (bicyclic) bond motifs is 8. The second-order valence-electron chi connectivity index (χ2n) is 14.9. The third-order valence-electron chi connectivity index (χ3n) is 11.5. The molecule has 270 valence electrons. The zero-order valence-corrected chi connectivity index (χ0v) is 31.3. The molecule has 3 aromatic heterocycles. The van der Waals surface area contributed by atoms with E-state index in [1.165, 1.54) is 43.5 Å². The number of para-hydroxylation sites is 3. The van der Waals surface area contributed by atoms with Crippen LogP contribution in [0, 0.1) is 0 Å². The second-order valence-corrected chi connectivity index (χ2v) is 14.9. The normalized spacial score (nSPS) is 11.8. The lowest BCUT2D eigenvalue weighted by molar-refractivity contribution is 1.08. The van der Waals surface area contributed by atoms with E-state index in [1.807, 2.05) is 18.2 Å². The van der Waals surface area contributed by atoms with Crippen molar-refractivity contribution in [3.8, 4) is 45.5 Å². The molecule has 0 saturated carbocycles. The van der Waals surface area contributed by atoms with Crippen LogP contribution in [0.15, 0.2) is 200 Å². The van der Waals surface area contributed by atoms with Crippen molar-refractivity contribution in [2.24, 2.45) is 0 Å². The fourth-order valence-corrected chi connectivity index (χ4v) is 8.84. The summed E-state index contributed by atoms with van der Waals surface area (Å²) in [4.78, 5) is 15.3. The van der Waals surface area contributed by atoms with Gasteiger partial charge in [0.05, 0.1) is 22.1 Å². The van der Waals surface area contributed by atoms with Crippen LogP contribution in [0.25, 0.3) is 111 Å². The van der Waals surface area contributed by atoms with Crippen molar-refractivity contribution in [2.45, 2.75) is 0 Å². The fraction of sp³-hybridized carbons (Fsp3) is 0. The minimum absolute atomic E-state index is 0.642. The van der Waals surface area contributed by atoms with Gasteiger partial charge < -0.3 is 9.13 Å². The molecule has 0 atom stereocenters. The van der Waals surface area contributed by atoms with Crippen LogP contribution in [0.4, 0.5) is 0 Å². The summed E-state index contributed by atoms with van der Waals surface area (Å²) in [6.45, 7) is 0. The fourth-order valence-electron chi connectivity index (χ4n) is 8.84. The van der Waals surface area contributed by atoms with Crippen molar-refractivity contribution >= 4 is 65.2 Å². The first-order valence-electron chi connectivity index (χ1n) is 19.6. The largest absolute Gasteiger partial charge is 0.309 e. The number of aromatic nitrogens is 5. The van der Waals surface area contributed by atoms with Gasteiger partial charge in [-0.2, -0.15) is 0 Å². The number of rotatable bonds is 5. The van der Waals surface area contributed by atoms with Gasteiger partial charge in [-0.25, -0.2) is 15.0 Å². The average molecular weight is 740 g/mol. The minimum atomic E-state index is 0.642. The molecule has 0 bridgehead atoms. The molecule has 58 heavy (non-hydrogen) atoms. The van der Waals surface area contributed by atoms with E-state index in [1.54, 1.807) is 0 Å². The van der Waals surface area contributed by atoms with Crippen LogP contribution in [0.2, 0.25) is 0 Å². The van der Waals surface area contributed by atoms with Crippen molar-refractivity contribution in [1.82, 2.24) is 24.1 Å². The van der Waals surface area contributed by atoms with Crippen molar-refractivity contribution in [1.29, 1.82) is 0 Å². The molecule has 0 unspecified atom stereocenters. The topological polar surface area (TPSA) is 48.5 Å². The third-order valence-corrected chi connectivity index (χ3v) is 11.5. The predicted octanol–water partition coefficient (Wildman–Crippen LogP) is 13.4. The van der Waals surface area contributed by atoms with E-state index in [2.05, 4.69) is 191 Å². The Morgan fingerprint density at radius 3 is 1.60 bits per heavy atom. The van der Waals surface area contributed by atoms with Gasteiger partial charge in [0.25, 0.3) is 0 Å². The standard InChI is InChI=1S/C53H33N5/c1-3-15-35(16-4-1)51-54-52(38-27-26-34-14-7-8-17-36(34)30-38)56-53(55-51)44-23-13-18-37-31-40(28-29-41(37)44)58-48-25-12-10-22-43(48)46-32-45-42-21-9-11-24-47(42)57(49(45)33-50(46)58)39-19-5-2-6-20-39/h1-33H. The Labute approximate surface area is 333 Å². The summed E-state index contributed by atoms with van der Waals surface area (Å²) in [5.74, 6) is 1.93. The minimum Gasteiger partial charge on any atom is -0.309 e. The highest BCUT2D eigenvalue weighted by molar-refractivity contribution is 6.19. The highest BCUT2D eigenvalue weighted by atomic mass is 15.0. The van der Waals surface area contributed by atoms with Gasteiger partial charge in [-0.15, -0.1) is 0 Å². The van der Waals surface area contributed by atoms with Gasteiger partial charge in [0.1, 0.15) is 0 Å². The number of benzene rings is 9. The van der Waals surface area contributed by atoms with Crippen LogP contribution < -0.4 is 0 Å². The van der Waals surface area contributed by atoms with E-state index in [4.69, 9.17) is 15.0 Å². The SMILES string of the molecule is c1ccc(-c2nc(-c3ccc4ccccc4c3)nc(-c3cccc4cc(-n5c6ccccc6c6cc7c8ccccc8n(-c8ccccc8)c7cc65)ccc34)n2)cc1. The number of hydrogen-bond acceptors (Lipinski definition) is 3. The lowest BCUT2D eigenvalue weighted by Crippen LogP contribution is -2.01. The molecule has 0 amide bonds. The zero-order chi connectivity index (χ0) is 38.2. The van der Waals surface area contributed by atoms with E-state index >= 15 is 0 Å². The Balaban J connectivity index is 1.06. The van der Waals surface area contributed by atoms with Crippen LogP contribution >= 0.6 is 0 Å². The summed E-state index contributed by atoms with van der Waals surface area (Å²) >= 11 is 0. The van der Waals surface area contributed by atoms with E-state index < -0.39 is 0 Å².